The van der Waals surface area contributed by atoms with Gasteiger partial charge in [0.05, 0.1) is 22.2 Å². The Morgan fingerprint density at radius 3 is 2.12 bits per heavy atom. The first-order valence-electron chi connectivity index (χ1n) is 22.2. The Labute approximate surface area is 383 Å². The van der Waals surface area contributed by atoms with Crippen molar-refractivity contribution >= 4 is 98.3 Å². The van der Waals surface area contributed by atoms with Crippen LogP contribution in [0.4, 0.5) is 0 Å². The van der Waals surface area contributed by atoms with Gasteiger partial charge in [0.2, 0.25) is 5.95 Å². The molecule has 0 fully saturated rings. The number of nitrogens with zero attached hydrogens (tertiary/aromatic N) is 5. The summed E-state index contributed by atoms with van der Waals surface area (Å²) in [5.74, 6) is 1.75. The Balaban J connectivity index is 1.18. The summed E-state index contributed by atoms with van der Waals surface area (Å²) in [5, 5.41) is 7.79. The van der Waals surface area contributed by atoms with Crippen LogP contribution in [0.3, 0.4) is 0 Å². The number of aromatic nitrogens is 5. The van der Waals surface area contributed by atoms with Gasteiger partial charge in [-0.1, -0.05) is 158 Å². The summed E-state index contributed by atoms with van der Waals surface area (Å²) in [4.78, 5) is 16.2. The second-order valence-electron chi connectivity index (χ2n) is 16.8. The highest BCUT2D eigenvalue weighted by atomic mass is 32.1. The van der Waals surface area contributed by atoms with Gasteiger partial charge in [-0.05, 0) is 61.9 Å². The van der Waals surface area contributed by atoms with Crippen LogP contribution in [0.15, 0.2) is 187 Å². The van der Waals surface area contributed by atoms with Crippen molar-refractivity contribution in [1.82, 2.24) is 24.1 Å². The zero-order valence-electron chi connectivity index (χ0n) is 36.2. The largest absolute Gasteiger partial charge is 0.455 e. The lowest BCUT2D eigenvalue weighted by Gasteiger charge is -2.15. The highest BCUT2D eigenvalue weighted by Gasteiger charge is 2.26. The van der Waals surface area contributed by atoms with E-state index in [2.05, 4.69) is 187 Å². The monoisotopic (exact) mass is 865 g/mol. The van der Waals surface area contributed by atoms with Crippen LogP contribution in [-0.2, 0) is 0 Å². The molecule has 0 bridgehead atoms. The maximum atomic E-state index is 6.72. The number of para-hydroxylation sites is 2. The number of hydrogen-bond donors (Lipinski definition) is 0. The van der Waals surface area contributed by atoms with Gasteiger partial charge in [0, 0.05) is 75.0 Å². The molecule has 0 spiro atoms. The molecule has 6 nitrogen and oxygen atoms in total. The van der Waals surface area contributed by atoms with E-state index >= 15 is 0 Å². The van der Waals surface area contributed by atoms with E-state index in [1.165, 1.54) is 21.0 Å². The summed E-state index contributed by atoms with van der Waals surface area (Å²) >= 11 is 1.78. The van der Waals surface area contributed by atoms with E-state index in [9.17, 15) is 0 Å². The van der Waals surface area contributed by atoms with Crippen molar-refractivity contribution in [2.75, 3.05) is 0 Å². The van der Waals surface area contributed by atoms with E-state index in [4.69, 9.17) is 19.4 Å². The highest BCUT2D eigenvalue weighted by molar-refractivity contribution is 7.26. The quantitative estimate of drug-likeness (QED) is 0.160. The van der Waals surface area contributed by atoms with Crippen molar-refractivity contribution in [3.8, 4) is 45.5 Å². The van der Waals surface area contributed by atoms with Crippen molar-refractivity contribution in [2.45, 2.75) is 13.8 Å². The first kappa shape index (κ1) is 38.1. The number of fused-ring (bicyclic) bond motifs is 11. The average molecular weight is 866 g/mol. The lowest BCUT2D eigenvalue weighted by molar-refractivity contribution is 0.670. The van der Waals surface area contributed by atoms with Crippen LogP contribution in [0.25, 0.3) is 133 Å². The van der Waals surface area contributed by atoms with Crippen LogP contribution in [0.2, 0.25) is 0 Å². The molecule has 0 amide bonds. The molecule has 0 radical (unpaired) electrons. The summed E-state index contributed by atoms with van der Waals surface area (Å²) in [6.07, 6.45) is 6.29. The van der Waals surface area contributed by atoms with Crippen LogP contribution in [0.5, 0.6) is 0 Å². The smallest absolute Gasteiger partial charge is 0.238 e. The van der Waals surface area contributed by atoms with E-state index < -0.39 is 0 Å². The van der Waals surface area contributed by atoms with E-state index in [0.29, 0.717) is 17.6 Å². The minimum absolute atomic E-state index is 0.535. The molecule has 0 saturated carbocycles. The van der Waals surface area contributed by atoms with Gasteiger partial charge >= 0.3 is 0 Å². The molecule has 0 saturated heterocycles. The molecule has 66 heavy (non-hydrogen) atoms. The zero-order valence-corrected chi connectivity index (χ0v) is 37.0. The molecule has 13 rings (SSSR count). The average Bonchev–Trinajstić information content (AvgIpc) is 4.12. The molecule has 0 aliphatic heterocycles. The highest BCUT2D eigenvalue weighted by Crippen LogP contribution is 2.45. The number of hydrogen-bond acceptors (Lipinski definition) is 5. The normalized spacial score (nSPS) is 12.1. The number of rotatable bonds is 7. The Morgan fingerprint density at radius 2 is 1.27 bits per heavy atom. The Kier molecular flexibility index (Phi) is 8.57. The summed E-state index contributed by atoms with van der Waals surface area (Å²) in [7, 11) is 0. The number of thiophene rings is 1. The molecule has 0 aliphatic rings. The van der Waals surface area contributed by atoms with Gasteiger partial charge in [-0.25, -0.2) is 4.98 Å². The van der Waals surface area contributed by atoms with E-state index in [0.717, 1.165) is 98.5 Å². The maximum absolute atomic E-state index is 6.72. The van der Waals surface area contributed by atoms with Crippen molar-refractivity contribution in [2.24, 2.45) is 0 Å². The predicted molar refractivity (Wildman–Crippen MR) is 277 cm³/mol. The van der Waals surface area contributed by atoms with Crippen LogP contribution >= 0.6 is 11.3 Å². The van der Waals surface area contributed by atoms with E-state index in [-0.39, 0.29) is 0 Å². The first-order valence-corrected chi connectivity index (χ1v) is 23.0. The molecule has 13 aromatic rings. The van der Waals surface area contributed by atoms with Crippen LogP contribution in [0.1, 0.15) is 23.7 Å². The molecule has 0 N–H and O–H groups in total. The van der Waals surface area contributed by atoms with Crippen molar-refractivity contribution in [3.05, 3.63) is 199 Å². The van der Waals surface area contributed by atoms with Crippen LogP contribution < -0.4 is 0 Å². The lowest BCUT2D eigenvalue weighted by atomic mass is 9.99. The van der Waals surface area contributed by atoms with Gasteiger partial charge in [-0.15, -0.1) is 11.3 Å². The molecule has 5 heterocycles. The molecule has 0 unspecified atom stereocenters. The third kappa shape index (κ3) is 5.70. The molecular weight excluding hydrogens is 827 g/mol. The Bertz CT molecular complexity index is 4160. The number of benzene rings is 8. The Morgan fingerprint density at radius 1 is 0.561 bits per heavy atom. The molecule has 5 aromatic heterocycles. The minimum Gasteiger partial charge on any atom is -0.455 e. The van der Waals surface area contributed by atoms with Gasteiger partial charge in [-0.3, -0.25) is 4.57 Å². The third-order valence-electron chi connectivity index (χ3n) is 12.9. The molecule has 8 aromatic carbocycles. The lowest BCUT2D eigenvalue weighted by Crippen LogP contribution is -2.07. The predicted octanol–water partition coefficient (Wildman–Crippen LogP) is 16.2. The number of furan rings is 1. The zero-order chi connectivity index (χ0) is 44.0. The van der Waals surface area contributed by atoms with Crippen molar-refractivity contribution in [1.29, 1.82) is 0 Å². The fourth-order valence-corrected chi connectivity index (χ4v) is 11.3. The third-order valence-corrected chi connectivity index (χ3v) is 14.1. The number of allylic oxidation sites excluding steroid dienone is 1. The summed E-state index contributed by atoms with van der Waals surface area (Å²) in [6.45, 7) is 8.68. The SMILES string of the molecule is C=Cc1c(/C=C\C)c2ccc3c4ccccc4n(-c4nc(-c5ccccc5)nc(-c5cccc6c5sc5ccccc56)n4)c3c2n1-c1cc(-c2cccc(C)c2)c2oc3ccccc3c2c1. The van der Waals surface area contributed by atoms with E-state index in [1.54, 1.807) is 11.3 Å². The maximum Gasteiger partial charge on any atom is 0.238 e. The molecule has 312 valence electrons. The molecule has 7 heteroatoms. The van der Waals surface area contributed by atoms with Gasteiger partial charge in [0.1, 0.15) is 11.2 Å². The van der Waals surface area contributed by atoms with Crippen molar-refractivity contribution < 1.29 is 4.42 Å². The summed E-state index contributed by atoms with van der Waals surface area (Å²) in [5.41, 5.74) is 12.9. The standard InChI is InChI=1S/C59H39N5OS/c1-4-17-39-43-30-31-44-40-22-9-12-27-50(40)64(59-61-57(36-19-7-6-8-20-36)60-58(62-59)46-26-16-25-45-42-24-11-14-29-52(42)66-56(45)46)54(44)53(43)63(49(39)5-2)38-33-47(37-21-15-18-35(3)32-37)55-48(34-38)41-23-10-13-28-51(41)65-55/h4-34H,2H2,1,3H3/b17-4-. The Hall–Kier alpha value is -8.39. The second-order valence-corrected chi connectivity index (χ2v) is 17.9. The molecular formula is C59H39N5OS. The van der Waals surface area contributed by atoms with Gasteiger partial charge in [0.25, 0.3) is 0 Å². The summed E-state index contributed by atoms with van der Waals surface area (Å²) < 4.78 is 13.7. The molecule has 0 aliphatic carbocycles. The van der Waals surface area contributed by atoms with Gasteiger partial charge in [-0.2, -0.15) is 9.97 Å². The molecule has 0 atom stereocenters. The second kappa shape index (κ2) is 14.8. The van der Waals surface area contributed by atoms with E-state index in [1.807, 2.05) is 30.3 Å². The number of aryl methyl sites for hydroxylation is 1. The minimum atomic E-state index is 0.535. The fraction of sp³-hybridized carbons (Fsp3) is 0.0339. The van der Waals surface area contributed by atoms with Crippen LogP contribution in [-0.4, -0.2) is 24.1 Å². The topological polar surface area (TPSA) is 61.7 Å². The fourth-order valence-electron chi connectivity index (χ4n) is 10.1. The van der Waals surface area contributed by atoms with Gasteiger partial charge < -0.3 is 8.98 Å². The van der Waals surface area contributed by atoms with Gasteiger partial charge in [0.15, 0.2) is 11.6 Å². The van der Waals surface area contributed by atoms with Crippen LogP contribution in [0, 0.1) is 6.92 Å². The summed E-state index contributed by atoms with van der Waals surface area (Å²) in [6, 6.07) is 59.9. The van der Waals surface area contributed by atoms with Crippen molar-refractivity contribution in [3.63, 3.8) is 0 Å². The first-order chi connectivity index (χ1) is 32.6.